The van der Waals surface area contributed by atoms with Gasteiger partial charge in [-0.3, -0.25) is 9.36 Å². The van der Waals surface area contributed by atoms with Gasteiger partial charge in [0.05, 0.1) is 33.3 Å². The summed E-state index contributed by atoms with van der Waals surface area (Å²) in [5.74, 6) is 1.07. The zero-order valence-corrected chi connectivity index (χ0v) is 23.0. The van der Waals surface area contributed by atoms with Gasteiger partial charge >= 0.3 is 0 Å². The van der Waals surface area contributed by atoms with Gasteiger partial charge < -0.3 is 14.2 Å². The molecular formula is C26H23BrFN5O4S. The molecule has 4 aromatic rings. The van der Waals surface area contributed by atoms with Crippen molar-refractivity contribution in [3.63, 3.8) is 0 Å². The zero-order chi connectivity index (χ0) is 27.1. The Labute approximate surface area is 231 Å². The Morgan fingerprint density at radius 2 is 1.76 bits per heavy atom. The van der Waals surface area contributed by atoms with Crippen molar-refractivity contribution in [3.8, 4) is 34.3 Å². The van der Waals surface area contributed by atoms with Gasteiger partial charge in [-0.1, -0.05) is 45.9 Å². The quantitative estimate of drug-likeness (QED) is 0.154. The molecule has 3 aromatic carbocycles. The molecule has 12 heteroatoms. The number of nitrogens with one attached hydrogen (secondary N) is 1. The van der Waals surface area contributed by atoms with Gasteiger partial charge in [0.2, 0.25) is 5.75 Å². The smallest absolute Gasteiger partial charge is 0.250 e. The number of amides is 1. The standard InChI is InChI=1S/C26H23BrFN5O4S/c1-35-21-12-16(13-22(36-2)24(21)37-3)25-31-32-26(33(25)19-7-5-4-6-8-19)38-15-23(34)30-29-14-17-11-18(27)9-10-20(17)28/h4-14H,15H2,1-3H3,(H,30,34). The van der Waals surface area contributed by atoms with Crippen molar-refractivity contribution in [3.05, 3.63) is 76.5 Å². The van der Waals surface area contributed by atoms with E-state index in [0.29, 0.717) is 38.3 Å². The van der Waals surface area contributed by atoms with E-state index in [1.54, 1.807) is 24.3 Å². The number of hydrazone groups is 1. The van der Waals surface area contributed by atoms with Crippen LogP contribution < -0.4 is 19.6 Å². The summed E-state index contributed by atoms with van der Waals surface area (Å²) >= 11 is 4.46. The topological polar surface area (TPSA) is 99.9 Å². The number of methoxy groups -OCH3 is 3. The maximum Gasteiger partial charge on any atom is 0.250 e. The van der Waals surface area contributed by atoms with Crippen LogP contribution in [0, 0.1) is 5.82 Å². The van der Waals surface area contributed by atoms with Crippen molar-refractivity contribution in [2.24, 2.45) is 5.10 Å². The fourth-order valence-corrected chi connectivity index (χ4v) is 4.64. The predicted octanol–water partition coefficient (Wildman–Crippen LogP) is 5.10. The summed E-state index contributed by atoms with van der Waals surface area (Å²) in [5, 5.41) is 13.1. The predicted molar refractivity (Wildman–Crippen MR) is 147 cm³/mol. The largest absolute Gasteiger partial charge is 0.493 e. The molecule has 4 rings (SSSR count). The summed E-state index contributed by atoms with van der Waals surface area (Å²) in [6, 6.07) is 17.5. The summed E-state index contributed by atoms with van der Waals surface area (Å²) in [6.07, 6.45) is 1.25. The molecule has 0 fully saturated rings. The second kappa shape index (κ2) is 12.6. The number of aromatic nitrogens is 3. The number of para-hydroxylation sites is 1. The highest BCUT2D eigenvalue weighted by atomic mass is 79.9. The normalized spacial score (nSPS) is 11.0. The lowest BCUT2D eigenvalue weighted by Crippen LogP contribution is -2.20. The third-order valence-corrected chi connectivity index (χ3v) is 6.68. The van der Waals surface area contributed by atoms with Gasteiger partial charge in [0, 0.05) is 21.3 Å². The number of rotatable bonds is 10. The molecule has 9 nitrogen and oxygen atoms in total. The van der Waals surface area contributed by atoms with Gasteiger partial charge in [0.15, 0.2) is 22.5 Å². The molecule has 38 heavy (non-hydrogen) atoms. The van der Waals surface area contributed by atoms with Gasteiger partial charge in [0.25, 0.3) is 5.91 Å². The molecule has 0 aliphatic carbocycles. The van der Waals surface area contributed by atoms with Crippen molar-refractivity contribution in [2.45, 2.75) is 5.16 Å². The Hall–Kier alpha value is -3.90. The molecule has 0 spiro atoms. The Balaban J connectivity index is 1.59. The van der Waals surface area contributed by atoms with Crippen LogP contribution in [0.5, 0.6) is 17.2 Å². The molecule has 0 bridgehead atoms. The third-order valence-electron chi connectivity index (χ3n) is 5.25. The number of ether oxygens (including phenoxy) is 3. The molecule has 0 atom stereocenters. The summed E-state index contributed by atoms with van der Waals surface area (Å²) < 4.78 is 32.8. The molecule has 1 N–H and O–H groups in total. The summed E-state index contributed by atoms with van der Waals surface area (Å²) in [6.45, 7) is 0. The van der Waals surface area contributed by atoms with Crippen molar-refractivity contribution >= 4 is 39.8 Å². The van der Waals surface area contributed by atoms with Crippen LogP contribution >= 0.6 is 27.7 Å². The Morgan fingerprint density at radius 3 is 2.42 bits per heavy atom. The highest BCUT2D eigenvalue weighted by molar-refractivity contribution is 9.10. The van der Waals surface area contributed by atoms with Crippen molar-refractivity contribution in [2.75, 3.05) is 27.1 Å². The first-order chi connectivity index (χ1) is 18.4. The van der Waals surface area contributed by atoms with E-state index in [2.05, 4.69) is 36.7 Å². The van der Waals surface area contributed by atoms with Crippen LogP contribution in [0.3, 0.4) is 0 Å². The molecule has 0 unspecified atom stereocenters. The fraction of sp³-hybridized carbons (Fsp3) is 0.154. The van der Waals surface area contributed by atoms with Crippen LogP contribution in [0.1, 0.15) is 5.56 Å². The second-order valence-electron chi connectivity index (χ2n) is 7.64. The minimum absolute atomic E-state index is 0.00146. The van der Waals surface area contributed by atoms with Crippen LogP contribution in [0.15, 0.2) is 75.4 Å². The minimum atomic E-state index is -0.448. The molecule has 1 heterocycles. The van der Waals surface area contributed by atoms with E-state index in [0.717, 1.165) is 5.69 Å². The van der Waals surface area contributed by atoms with E-state index in [-0.39, 0.29) is 11.3 Å². The lowest BCUT2D eigenvalue weighted by Gasteiger charge is -2.15. The van der Waals surface area contributed by atoms with Gasteiger partial charge in [-0.15, -0.1) is 10.2 Å². The lowest BCUT2D eigenvalue weighted by molar-refractivity contribution is -0.118. The van der Waals surface area contributed by atoms with Crippen molar-refractivity contribution in [1.82, 2.24) is 20.2 Å². The van der Waals surface area contributed by atoms with E-state index in [4.69, 9.17) is 14.2 Å². The Bertz CT molecular complexity index is 1440. The molecular weight excluding hydrogens is 577 g/mol. The van der Waals surface area contributed by atoms with Crippen LogP contribution in [-0.4, -0.2) is 54.0 Å². The molecule has 0 saturated heterocycles. The van der Waals surface area contributed by atoms with E-state index in [1.165, 1.54) is 45.4 Å². The fourth-order valence-electron chi connectivity index (χ4n) is 3.52. The molecule has 0 aliphatic rings. The van der Waals surface area contributed by atoms with E-state index in [1.807, 2.05) is 34.9 Å². The second-order valence-corrected chi connectivity index (χ2v) is 9.50. The Kier molecular flexibility index (Phi) is 8.98. The molecule has 0 saturated carbocycles. The van der Waals surface area contributed by atoms with E-state index in [9.17, 15) is 9.18 Å². The summed E-state index contributed by atoms with van der Waals surface area (Å²) in [4.78, 5) is 12.5. The number of carbonyl (C=O) groups is 1. The molecule has 1 aromatic heterocycles. The minimum Gasteiger partial charge on any atom is -0.493 e. The number of thioether (sulfide) groups is 1. The molecule has 0 aliphatic heterocycles. The first-order valence-corrected chi connectivity index (χ1v) is 12.9. The molecule has 0 radical (unpaired) electrons. The maximum atomic E-state index is 13.9. The highest BCUT2D eigenvalue weighted by Crippen LogP contribution is 2.41. The number of hydrogen-bond acceptors (Lipinski definition) is 8. The third kappa shape index (κ3) is 6.14. The van der Waals surface area contributed by atoms with Crippen LogP contribution in [-0.2, 0) is 4.79 Å². The average Bonchev–Trinajstić information content (AvgIpc) is 3.37. The number of benzene rings is 3. The highest BCUT2D eigenvalue weighted by Gasteiger charge is 2.21. The lowest BCUT2D eigenvalue weighted by atomic mass is 10.1. The summed E-state index contributed by atoms with van der Waals surface area (Å²) in [5.41, 5.74) is 4.13. The number of halogens is 2. The van der Waals surface area contributed by atoms with Crippen molar-refractivity contribution < 1.29 is 23.4 Å². The summed E-state index contributed by atoms with van der Waals surface area (Å²) in [7, 11) is 4.61. The monoisotopic (exact) mass is 599 g/mol. The van der Waals surface area contributed by atoms with Gasteiger partial charge in [-0.2, -0.15) is 5.10 Å². The first kappa shape index (κ1) is 27.1. The van der Waals surface area contributed by atoms with Crippen LogP contribution in [0.25, 0.3) is 17.1 Å². The first-order valence-electron chi connectivity index (χ1n) is 11.2. The van der Waals surface area contributed by atoms with Gasteiger partial charge in [-0.05, 0) is 42.5 Å². The van der Waals surface area contributed by atoms with Gasteiger partial charge in [-0.25, -0.2) is 9.82 Å². The zero-order valence-electron chi connectivity index (χ0n) is 20.6. The molecule has 1 amide bonds. The SMILES string of the molecule is COc1cc(-c2nnc(SCC(=O)NN=Cc3cc(Br)ccc3F)n2-c2ccccc2)cc(OC)c1OC. The van der Waals surface area contributed by atoms with Crippen LogP contribution in [0.2, 0.25) is 0 Å². The van der Waals surface area contributed by atoms with Crippen LogP contribution in [0.4, 0.5) is 4.39 Å². The number of carbonyl (C=O) groups excluding carboxylic acids is 1. The van der Waals surface area contributed by atoms with E-state index >= 15 is 0 Å². The maximum absolute atomic E-state index is 13.9. The number of hydrogen-bond donors (Lipinski definition) is 1. The number of nitrogens with zero attached hydrogens (tertiary/aromatic N) is 4. The Morgan fingerprint density at radius 1 is 1.05 bits per heavy atom. The van der Waals surface area contributed by atoms with Crippen molar-refractivity contribution in [1.29, 1.82) is 0 Å². The van der Waals surface area contributed by atoms with E-state index < -0.39 is 11.7 Å². The van der Waals surface area contributed by atoms with Gasteiger partial charge in [0.1, 0.15) is 5.82 Å². The molecule has 196 valence electrons. The average molecular weight is 600 g/mol.